The van der Waals surface area contributed by atoms with Crippen LogP contribution >= 0.6 is 22.6 Å². The molecule has 1 aromatic rings. The number of nitrogens with zero attached hydrogens (tertiary/aromatic N) is 1. The standard InChI is InChI=1S/C9H8INO3/c10-7-4-3-6(14-5-1-2-5)8(11-7)9(12)13/h3-5H,1-2H2,(H,12,13). The number of aromatic nitrogens is 1. The van der Waals surface area contributed by atoms with Gasteiger partial charge in [0.15, 0.2) is 11.4 Å². The Morgan fingerprint density at radius 1 is 1.57 bits per heavy atom. The lowest BCUT2D eigenvalue weighted by atomic mass is 10.3. The second-order valence-corrected chi connectivity index (χ2v) is 4.21. The quantitative estimate of drug-likeness (QED) is 0.685. The number of pyridine rings is 1. The van der Waals surface area contributed by atoms with E-state index in [1.807, 2.05) is 22.6 Å². The summed E-state index contributed by atoms with van der Waals surface area (Å²) >= 11 is 1.97. The van der Waals surface area contributed by atoms with Crippen molar-refractivity contribution in [3.05, 3.63) is 21.5 Å². The smallest absolute Gasteiger partial charge is 0.358 e. The molecule has 1 aliphatic carbocycles. The van der Waals surface area contributed by atoms with Gasteiger partial charge in [0.1, 0.15) is 3.70 Å². The molecule has 0 aliphatic heterocycles. The lowest BCUT2D eigenvalue weighted by Gasteiger charge is -2.06. The molecule has 2 rings (SSSR count). The summed E-state index contributed by atoms with van der Waals surface area (Å²) in [6.07, 6.45) is 2.20. The van der Waals surface area contributed by atoms with E-state index in [9.17, 15) is 4.79 Å². The molecule has 0 atom stereocenters. The van der Waals surface area contributed by atoms with Crippen LogP contribution in [0.15, 0.2) is 12.1 Å². The molecule has 0 spiro atoms. The minimum Gasteiger partial charge on any atom is -0.488 e. The summed E-state index contributed by atoms with van der Waals surface area (Å²) in [4.78, 5) is 14.7. The van der Waals surface area contributed by atoms with E-state index in [1.54, 1.807) is 12.1 Å². The summed E-state index contributed by atoms with van der Waals surface area (Å²) in [5.41, 5.74) is 0.00352. The summed E-state index contributed by atoms with van der Waals surface area (Å²) in [6.45, 7) is 0. The molecule has 1 aromatic heterocycles. The largest absolute Gasteiger partial charge is 0.488 e. The van der Waals surface area contributed by atoms with E-state index in [2.05, 4.69) is 4.98 Å². The molecule has 0 amide bonds. The molecule has 1 fully saturated rings. The van der Waals surface area contributed by atoms with E-state index in [0.717, 1.165) is 12.8 Å². The highest BCUT2D eigenvalue weighted by molar-refractivity contribution is 14.1. The van der Waals surface area contributed by atoms with Crippen molar-refractivity contribution in [1.29, 1.82) is 0 Å². The average molecular weight is 305 g/mol. The highest BCUT2D eigenvalue weighted by Crippen LogP contribution is 2.28. The van der Waals surface area contributed by atoms with Crippen LogP contribution in [0.4, 0.5) is 0 Å². The van der Waals surface area contributed by atoms with Crippen LogP contribution in [0, 0.1) is 3.70 Å². The molecule has 74 valence electrons. The summed E-state index contributed by atoms with van der Waals surface area (Å²) in [5, 5.41) is 8.88. The molecule has 5 heteroatoms. The number of hydrogen-bond acceptors (Lipinski definition) is 3. The van der Waals surface area contributed by atoms with Crippen LogP contribution in [0.5, 0.6) is 5.75 Å². The predicted molar refractivity (Wildman–Crippen MR) is 57.6 cm³/mol. The third kappa shape index (κ3) is 2.14. The first-order valence-corrected chi connectivity index (χ1v) is 5.31. The van der Waals surface area contributed by atoms with Gasteiger partial charge in [0.25, 0.3) is 0 Å². The molecule has 1 saturated carbocycles. The van der Waals surface area contributed by atoms with Gasteiger partial charge in [-0.2, -0.15) is 0 Å². The van der Waals surface area contributed by atoms with Gasteiger partial charge in [0, 0.05) is 0 Å². The van der Waals surface area contributed by atoms with Crippen molar-refractivity contribution in [2.24, 2.45) is 0 Å². The fourth-order valence-electron chi connectivity index (χ4n) is 1.04. The van der Waals surface area contributed by atoms with E-state index in [1.165, 1.54) is 0 Å². The normalized spacial score (nSPS) is 15.2. The zero-order valence-corrected chi connectivity index (χ0v) is 9.39. The minimum absolute atomic E-state index is 0.00352. The van der Waals surface area contributed by atoms with Crippen LogP contribution in [0.2, 0.25) is 0 Å². The van der Waals surface area contributed by atoms with Gasteiger partial charge in [0.05, 0.1) is 6.10 Å². The van der Waals surface area contributed by atoms with E-state index >= 15 is 0 Å². The van der Waals surface area contributed by atoms with Gasteiger partial charge in [-0.05, 0) is 47.6 Å². The maximum atomic E-state index is 10.8. The van der Waals surface area contributed by atoms with Crippen molar-refractivity contribution in [3.63, 3.8) is 0 Å². The van der Waals surface area contributed by atoms with Crippen LogP contribution in [-0.4, -0.2) is 22.2 Å². The zero-order chi connectivity index (χ0) is 10.1. The number of carboxylic acids is 1. The maximum Gasteiger partial charge on any atom is 0.358 e. The molecule has 0 bridgehead atoms. The Kier molecular flexibility index (Phi) is 2.58. The van der Waals surface area contributed by atoms with Gasteiger partial charge in [-0.25, -0.2) is 9.78 Å². The van der Waals surface area contributed by atoms with Crippen LogP contribution in [0.1, 0.15) is 23.3 Å². The fourth-order valence-corrected chi connectivity index (χ4v) is 1.46. The van der Waals surface area contributed by atoms with Crippen molar-refractivity contribution in [3.8, 4) is 5.75 Å². The SMILES string of the molecule is O=C(O)c1nc(I)ccc1OC1CC1. The number of rotatable bonds is 3. The summed E-state index contributed by atoms with van der Waals surface area (Å²) in [5.74, 6) is -0.667. The molecule has 1 aliphatic rings. The number of carbonyl (C=O) groups is 1. The molecule has 1 N–H and O–H groups in total. The highest BCUT2D eigenvalue weighted by atomic mass is 127. The lowest BCUT2D eigenvalue weighted by Crippen LogP contribution is -2.07. The molecular weight excluding hydrogens is 297 g/mol. The second-order valence-electron chi connectivity index (χ2n) is 3.10. The Balaban J connectivity index is 2.31. The fraction of sp³-hybridized carbons (Fsp3) is 0.333. The van der Waals surface area contributed by atoms with Gasteiger partial charge < -0.3 is 9.84 Å². The van der Waals surface area contributed by atoms with Gasteiger partial charge in [-0.1, -0.05) is 0 Å². The van der Waals surface area contributed by atoms with Crippen LogP contribution in [-0.2, 0) is 0 Å². The first kappa shape index (κ1) is 9.70. The van der Waals surface area contributed by atoms with E-state index in [0.29, 0.717) is 9.45 Å². The summed E-state index contributed by atoms with van der Waals surface area (Å²) < 4.78 is 6.08. The van der Waals surface area contributed by atoms with Gasteiger partial charge in [-0.15, -0.1) is 0 Å². The molecule has 14 heavy (non-hydrogen) atoms. The molecule has 0 saturated heterocycles. The van der Waals surface area contributed by atoms with Gasteiger partial charge in [0.2, 0.25) is 0 Å². The number of carboxylic acid groups (broad SMARTS) is 1. The van der Waals surface area contributed by atoms with Crippen molar-refractivity contribution < 1.29 is 14.6 Å². The highest BCUT2D eigenvalue weighted by Gasteiger charge is 2.26. The first-order chi connectivity index (χ1) is 6.66. The Hall–Kier alpha value is -0.850. The Morgan fingerprint density at radius 3 is 2.86 bits per heavy atom. The van der Waals surface area contributed by atoms with Crippen molar-refractivity contribution in [2.75, 3.05) is 0 Å². The number of aromatic carboxylic acids is 1. The first-order valence-electron chi connectivity index (χ1n) is 4.23. The minimum atomic E-state index is -1.04. The Bertz CT molecular complexity index is 376. The van der Waals surface area contributed by atoms with E-state index < -0.39 is 5.97 Å². The maximum absolute atomic E-state index is 10.8. The zero-order valence-electron chi connectivity index (χ0n) is 7.24. The number of halogens is 1. The van der Waals surface area contributed by atoms with Crippen LogP contribution in [0.3, 0.4) is 0 Å². The van der Waals surface area contributed by atoms with Gasteiger partial charge >= 0.3 is 5.97 Å². The van der Waals surface area contributed by atoms with Gasteiger partial charge in [-0.3, -0.25) is 0 Å². The lowest BCUT2D eigenvalue weighted by molar-refractivity contribution is 0.0684. The summed E-state index contributed by atoms with van der Waals surface area (Å²) in [6, 6.07) is 3.40. The average Bonchev–Trinajstić information content (AvgIpc) is 2.91. The third-order valence-corrected chi connectivity index (χ3v) is 2.45. The van der Waals surface area contributed by atoms with Crippen LogP contribution in [0.25, 0.3) is 0 Å². The molecule has 4 nitrogen and oxygen atoms in total. The molecular formula is C9H8INO3. The van der Waals surface area contributed by atoms with Crippen molar-refractivity contribution >= 4 is 28.6 Å². The molecule has 0 radical (unpaired) electrons. The number of ether oxygens (including phenoxy) is 1. The third-order valence-electron chi connectivity index (χ3n) is 1.84. The number of hydrogen-bond donors (Lipinski definition) is 1. The monoisotopic (exact) mass is 305 g/mol. The van der Waals surface area contributed by atoms with E-state index in [4.69, 9.17) is 9.84 Å². The molecule has 1 heterocycles. The Morgan fingerprint density at radius 2 is 2.29 bits per heavy atom. The van der Waals surface area contributed by atoms with E-state index in [-0.39, 0.29) is 11.8 Å². The molecule has 0 unspecified atom stereocenters. The second kappa shape index (κ2) is 3.72. The summed E-state index contributed by atoms with van der Waals surface area (Å²) in [7, 11) is 0. The van der Waals surface area contributed by atoms with Crippen molar-refractivity contribution in [1.82, 2.24) is 4.98 Å². The van der Waals surface area contributed by atoms with Crippen LogP contribution < -0.4 is 4.74 Å². The molecule has 0 aromatic carbocycles. The predicted octanol–water partition coefficient (Wildman–Crippen LogP) is 1.93. The topological polar surface area (TPSA) is 59.4 Å². The Labute approximate surface area is 94.4 Å². The van der Waals surface area contributed by atoms with Crippen molar-refractivity contribution in [2.45, 2.75) is 18.9 Å².